The van der Waals surface area contributed by atoms with Gasteiger partial charge in [0.15, 0.2) is 11.7 Å². The molecular weight excluding hydrogens is 438 g/mol. The SMILES string of the molecule is Cc1cc(CN=C(N)Nc2ccccc2OC(F)(F)F)n(C)n1.I. The molecule has 1 aromatic carbocycles. The quantitative estimate of drug-likeness (QED) is 0.422. The van der Waals surface area contributed by atoms with E-state index in [9.17, 15) is 13.2 Å². The number of anilines is 1. The van der Waals surface area contributed by atoms with Crippen LogP contribution in [0, 0.1) is 6.92 Å². The number of halogens is 4. The number of nitrogens with two attached hydrogens (primary N) is 1. The van der Waals surface area contributed by atoms with Gasteiger partial charge in [0.1, 0.15) is 0 Å². The van der Waals surface area contributed by atoms with Gasteiger partial charge in [0.2, 0.25) is 0 Å². The van der Waals surface area contributed by atoms with Crippen molar-refractivity contribution in [3.8, 4) is 5.75 Å². The molecule has 2 rings (SSSR count). The van der Waals surface area contributed by atoms with Gasteiger partial charge in [-0.2, -0.15) is 5.10 Å². The van der Waals surface area contributed by atoms with Crippen molar-refractivity contribution in [2.45, 2.75) is 19.8 Å². The number of guanidine groups is 1. The Kier molecular flexibility index (Phi) is 6.87. The van der Waals surface area contributed by atoms with Gasteiger partial charge in [0.05, 0.1) is 23.6 Å². The Hall–Kier alpha value is -1.98. The summed E-state index contributed by atoms with van der Waals surface area (Å²) in [6.45, 7) is 2.10. The second-order valence-corrected chi connectivity index (χ2v) is 4.77. The van der Waals surface area contributed by atoms with E-state index in [4.69, 9.17) is 5.73 Å². The summed E-state index contributed by atoms with van der Waals surface area (Å²) >= 11 is 0. The molecule has 0 bridgehead atoms. The van der Waals surface area contributed by atoms with Crippen LogP contribution < -0.4 is 15.8 Å². The van der Waals surface area contributed by atoms with Gasteiger partial charge in [-0.15, -0.1) is 37.1 Å². The van der Waals surface area contributed by atoms with Crippen LogP contribution in [-0.4, -0.2) is 22.1 Å². The monoisotopic (exact) mass is 455 g/mol. The minimum atomic E-state index is -4.78. The first-order valence-electron chi connectivity index (χ1n) is 6.66. The molecule has 3 N–H and O–H groups in total. The molecule has 0 aliphatic carbocycles. The zero-order valence-corrected chi connectivity index (χ0v) is 15.3. The maximum Gasteiger partial charge on any atom is 0.573 e. The van der Waals surface area contributed by atoms with Gasteiger partial charge < -0.3 is 15.8 Å². The van der Waals surface area contributed by atoms with Gasteiger partial charge in [-0.05, 0) is 25.1 Å². The third kappa shape index (κ3) is 5.91. The molecule has 0 fully saturated rings. The number of alkyl halides is 3. The van der Waals surface area contributed by atoms with Crippen LogP contribution in [0.3, 0.4) is 0 Å². The summed E-state index contributed by atoms with van der Waals surface area (Å²) in [5.41, 5.74) is 7.46. The van der Waals surface area contributed by atoms with Gasteiger partial charge in [0, 0.05) is 7.05 Å². The number of aliphatic imine (C=N–C) groups is 1. The predicted molar refractivity (Wildman–Crippen MR) is 95.4 cm³/mol. The molecule has 10 heteroatoms. The van der Waals surface area contributed by atoms with E-state index in [1.807, 2.05) is 13.0 Å². The molecule has 132 valence electrons. The zero-order valence-electron chi connectivity index (χ0n) is 13.0. The lowest BCUT2D eigenvalue weighted by Gasteiger charge is -2.14. The molecule has 0 aliphatic rings. The lowest BCUT2D eigenvalue weighted by atomic mass is 10.3. The number of hydrogen-bond donors (Lipinski definition) is 2. The van der Waals surface area contributed by atoms with E-state index in [1.165, 1.54) is 18.2 Å². The van der Waals surface area contributed by atoms with Gasteiger partial charge >= 0.3 is 6.36 Å². The van der Waals surface area contributed by atoms with Crippen LogP contribution in [0.25, 0.3) is 0 Å². The van der Waals surface area contributed by atoms with Crippen LogP contribution in [0.4, 0.5) is 18.9 Å². The predicted octanol–water partition coefficient (Wildman–Crippen LogP) is 3.17. The molecule has 2 aromatic rings. The van der Waals surface area contributed by atoms with Crippen molar-refractivity contribution in [2.24, 2.45) is 17.8 Å². The number of para-hydroxylation sites is 2. The molecule has 1 heterocycles. The average molecular weight is 455 g/mol. The molecule has 0 saturated carbocycles. The van der Waals surface area contributed by atoms with E-state index in [1.54, 1.807) is 17.8 Å². The second kappa shape index (κ2) is 8.22. The van der Waals surface area contributed by atoms with Crippen molar-refractivity contribution < 1.29 is 17.9 Å². The third-order valence-corrected chi connectivity index (χ3v) is 2.89. The van der Waals surface area contributed by atoms with Crippen molar-refractivity contribution in [1.82, 2.24) is 9.78 Å². The van der Waals surface area contributed by atoms with Crippen LogP contribution in [0.15, 0.2) is 35.3 Å². The number of nitrogens with zero attached hydrogens (tertiary/aromatic N) is 3. The summed E-state index contributed by atoms with van der Waals surface area (Å²) in [4.78, 5) is 4.09. The van der Waals surface area contributed by atoms with E-state index >= 15 is 0 Å². The highest BCUT2D eigenvalue weighted by atomic mass is 127. The normalized spacial score (nSPS) is 11.8. The zero-order chi connectivity index (χ0) is 17.0. The van der Waals surface area contributed by atoms with E-state index in [-0.39, 0.29) is 47.9 Å². The largest absolute Gasteiger partial charge is 0.573 e. The molecule has 24 heavy (non-hydrogen) atoms. The number of aromatic nitrogens is 2. The fourth-order valence-electron chi connectivity index (χ4n) is 1.94. The average Bonchev–Trinajstić information content (AvgIpc) is 2.75. The van der Waals surface area contributed by atoms with Crippen LogP contribution in [0.5, 0.6) is 5.75 Å². The molecule has 0 spiro atoms. The molecule has 0 atom stereocenters. The maximum absolute atomic E-state index is 12.4. The Bertz CT molecular complexity index is 715. The van der Waals surface area contributed by atoms with E-state index in [0.29, 0.717) is 0 Å². The molecule has 0 saturated heterocycles. The number of aryl methyl sites for hydroxylation is 2. The summed E-state index contributed by atoms with van der Waals surface area (Å²) in [6, 6.07) is 7.43. The smallest absolute Gasteiger partial charge is 0.404 e. The first kappa shape index (κ1) is 20.1. The van der Waals surface area contributed by atoms with Crippen molar-refractivity contribution in [3.63, 3.8) is 0 Å². The van der Waals surface area contributed by atoms with Gasteiger partial charge in [0.25, 0.3) is 0 Å². The summed E-state index contributed by atoms with van der Waals surface area (Å²) in [5, 5.41) is 6.77. The Labute approximate surface area is 153 Å². The maximum atomic E-state index is 12.4. The first-order valence-corrected chi connectivity index (χ1v) is 6.66. The minimum Gasteiger partial charge on any atom is -0.404 e. The summed E-state index contributed by atoms with van der Waals surface area (Å²) in [7, 11) is 1.77. The van der Waals surface area contributed by atoms with Crippen LogP contribution in [-0.2, 0) is 13.6 Å². The standard InChI is InChI=1S/C14H16F3N5O.HI/c1-9-7-10(22(2)21-9)8-19-13(18)20-11-5-3-4-6-12(11)23-14(15,16)17;/h3-7H,8H2,1-2H3,(H3,18,19,20);1H. The Morgan fingerprint density at radius 2 is 2.04 bits per heavy atom. The lowest BCUT2D eigenvalue weighted by molar-refractivity contribution is -0.274. The number of ether oxygens (including phenoxy) is 1. The molecule has 0 amide bonds. The number of hydrogen-bond acceptors (Lipinski definition) is 3. The number of rotatable bonds is 4. The molecule has 0 aliphatic heterocycles. The highest BCUT2D eigenvalue weighted by Gasteiger charge is 2.32. The molecule has 0 radical (unpaired) electrons. The summed E-state index contributed by atoms with van der Waals surface area (Å²) in [5.74, 6) is -0.406. The molecule has 6 nitrogen and oxygen atoms in total. The number of nitrogens with one attached hydrogen (secondary N) is 1. The molecule has 0 unspecified atom stereocenters. The van der Waals surface area contributed by atoms with Crippen molar-refractivity contribution in [2.75, 3.05) is 5.32 Å². The van der Waals surface area contributed by atoms with Gasteiger partial charge in [-0.1, -0.05) is 12.1 Å². The Balaban J connectivity index is 0.00000288. The van der Waals surface area contributed by atoms with E-state index < -0.39 is 6.36 Å². The fraction of sp³-hybridized carbons (Fsp3) is 0.286. The van der Waals surface area contributed by atoms with E-state index in [2.05, 4.69) is 20.1 Å². The van der Waals surface area contributed by atoms with Crippen LogP contribution in [0.2, 0.25) is 0 Å². The van der Waals surface area contributed by atoms with E-state index in [0.717, 1.165) is 11.4 Å². The first-order chi connectivity index (χ1) is 10.7. The van der Waals surface area contributed by atoms with Crippen LogP contribution >= 0.6 is 24.0 Å². The third-order valence-electron chi connectivity index (χ3n) is 2.89. The fourth-order valence-corrected chi connectivity index (χ4v) is 1.94. The minimum absolute atomic E-state index is 0. The summed E-state index contributed by atoms with van der Waals surface area (Å²) in [6.07, 6.45) is -4.78. The second-order valence-electron chi connectivity index (χ2n) is 4.77. The Morgan fingerprint density at radius 1 is 1.38 bits per heavy atom. The van der Waals surface area contributed by atoms with Gasteiger partial charge in [-0.3, -0.25) is 4.68 Å². The Morgan fingerprint density at radius 3 is 2.62 bits per heavy atom. The van der Waals surface area contributed by atoms with Crippen molar-refractivity contribution >= 4 is 35.6 Å². The molecule has 1 aromatic heterocycles. The van der Waals surface area contributed by atoms with Gasteiger partial charge in [-0.25, -0.2) is 4.99 Å². The van der Waals surface area contributed by atoms with Crippen molar-refractivity contribution in [1.29, 1.82) is 0 Å². The number of benzene rings is 1. The van der Waals surface area contributed by atoms with Crippen molar-refractivity contribution in [3.05, 3.63) is 41.7 Å². The summed E-state index contributed by atoms with van der Waals surface area (Å²) < 4.78 is 42.7. The molecular formula is C14H17F3IN5O. The lowest BCUT2D eigenvalue weighted by Crippen LogP contribution is -2.24. The topological polar surface area (TPSA) is 77.5 Å². The highest BCUT2D eigenvalue weighted by molar-refractivity contribution is 14.0. The highest BCUT2D eigenvalue weighted by Crippen LogP contribution is 2.29. The van der Waals surface area contributed by atoms with Crippen LogP contribution in [0.1, 0.15) is 11.4 Å².